The number of amides is 1. The first kappa shape index (κ1) is 17.3. The van der Waals surface area contributed by atoms with Crippen LogP contribution in [0.1, 0.15) is 44.6 Å². The van der Waals surface area contributed by atoms with Crippen molar-refractivity contribution in [3.63, 3.8) is 0 Å². The van der Waals surface area contributed by atoms with Crippen LogP contribution in [-0.2, 0) is 11.2 Å². The minimum absolute atomic E-state index is 0. The average molecular weight is 323 g/mol. The first-order chi connectivity index (χ1) is 10.2. The third-order valence-electron chi connectivity index (χ3n) is 5.39. The standard InChI is InChI=1S/C18H26N2O.ClH/c1-2-12-5-3-8-16(9-12)20-18(21)15-10-13-6-4-7-14(11-15)17(13)19;/h3,5,8-9,13-15,17H,2,4,6-7,10-11,19H2,1H3,(H,20,21);1H. The van der Waals surface area contributed by atoms with E-state index in [1.165, 1.54) is 24.8 Å². The van der Waals surface area contributed by atoms with Gasteiger partial charge in [-0.25, -0.2) is 0 Å². The zero-order chi connectivity index (χ0) is 14.8. The molecule has 0 heterocycles. The molecule has 122 valence electrons. The summed E-state index contributed by atoms with van der Waals surface area (Å²) in [5, 5.41) is 3.11. The molecule has 2 bridgehead atoms. The summed E-state index contributed by atoms with van der Waals surface area (Å²) < 4.78 is 0. The number of benzene rings is 1. The summed E-state index contributed by atoms with van der Waals surface area (Å²) in [6, 6.07) is 8.49. The molecular formula is C18H27ClN2O. The van der Waals surface area contributed by atoms with Crippen LogP contribution in [0.4, 0.5) is 5.69 Å². The van der Waals surface area contributed by atoms with E-state index in [-0.39, 0.29) is 24.2 Å². The van der Waals surface area contributed by atoms with Gasteiger partial charge in [0.25, 0.3) is 0 Å². The van der Waals surface area contributed by atoms with Gasteiger partial charge < -0.3 is 11.1 Å². The molecule has 3 rings (SSSR count). The number of nitrogens with one attached hydrogen (secondary N) is 1. The van der Waals surface area contributed by atoms with E-state index in [0.717, 1.165) is 24.9 Å². The Hall–Kier alpha value is -1.06. The fourth-order valence-electron chi connectivity index (χ4n) is 4.12. The van der Waals surface area contributed by atoms with Crippen molar-refractivity contribution in [2.24, 2.45) is 23.5 Å². The molecule has 0 saturated heterocycles. The molecule has 2 aliphatic rings. The van der Waals surface area contributed by atoms with Gasteiger partial charge in [0.1, 0.15) is 0 Å². The zero-order valence-electron chi connectivity index (χ0n) is 13.3. The number of rotatable bonds is 3. The molecule has 0 aliphatic heterocycles. The van der Waals surface area contributed by atoms with Crippen LogP contribution in [-0.4, -0.2) is 11.9 Å². The number of hydrogen-bond acceptors (Lipinski definition) is 2. The van der Waals surface area contributed by atoms with Crippen LogP contribution in [0.15, 0.2) is 24.3 Å². The van der Waals surface area contributed by atoms with E-state index in [1.807, 2.05) is 12.1 Å². The summed E-state index contributed by atoms with van der Waals surface area (Å²) in [5.74, 6) is 1.43. The van der Waals surface area contributed by atoms with Crippen molar-refractivity contribution in [2.45, 2.75) is 51.5 Å². The lowest BCUT2D eigenvalue weighted by Gasteiger charge is -2.43. The Morgan fingerprint density at radius 3 is 2.59 bits per heavy atom. The maximum atomic E-state index is 12.6. The fourth-order valence-corrected chi connectivity index (χ4v) is 4.12. The Kier molecular flexibility index (Phi) is 5.87. The maximum absolute atomic E-state index is 12.6. The van der Waals surface area contributed by atoms with Gasteiger partial charge >= 0.3 is 0 Å². The van der Waals surface area contributed by atoms with E-state index >= 15 is 0 Å². The van der Waals surface area contributed by atoms with Crippen molar-refractivity contribution in [3.8, 4) is 0 Å². The van der Waals surface area contributed by atoms with Crippen molar-refractivity contribution in [1.82, 2.24) is 0 Å². The lowest BCUT2D eigenvalue weighted by Crippen LogP contribution is -2.48. The number of anilines is 1. The van der Waals surface area contributed by atoms with E-state index in [4.69, 9.17) is 5.73 Å². The van der Waals surface area contributed by atoms with E-state index < -0.39 is 0 Å². The SMILES string of the molecule is CCc1cccc(NC(=O)C2CC3CCCC(C2)C3N)c1.Cl. The number of halogens is 1. The van der Waals surface area contributed by atoms with Crippen LogP contribution in [0.3, 0.4) is 0 Å². The first-order valence-electron chi connectivity index (χ1n) is 8.32. The largest absolute Gasteiger partial charge is 0.327 e. The molecule has 2 aliphatic carbocycles. The van der Waals surface area contributed by atoms with Crippen LogP contribution in [0.25, 0.3) is 0 Å². The Morgan fingerprint density at radius 2 is 1.95 bits per heavy atom. The van der Waals surface area contributed by atoms with Gasteiger partial charge in [-0.15, -0.1) is 12.4 Å². The highest BCUT2D eigenvalue weighted by molar-refractivity contribution is 5.92. The third-order valence-corrected chi connectivity index (χ3v) is 5.39. The predicted octanol–water partition coefficient (Wildman–Crippen LogP) is 3.76. The summed E-state index contributed by atoms with van der Waals surface area (Å²) in [5.41, 5.74) is 8.49. The normalized spacial score (nSPS) is 30.3. The van der Waals surface area contributed by atoms with Crippen LogP contribution in [0, 0.1) is 17.8 Å². The molecule has 0 radical (unpaired) electrons. The number of carbonyl (C=O) groups excluding carboxylic acids is 1. The first-order valence-corrected chi connectivity index (χ1v) is 8.32. The molecule has 2 unspecified atom stereocenters. The summed E-state index contributed by atoms with van der Waals surface area (Å²) >= 11 is 0. The van der Waals surface area contributed by atoms with Crippen molar-refractivity contribution in [2.75, 3.05) is 5.32 Å². The molecule has 0 spiro atoms. The zero-order valence-corrected chi connectivity index (χ0v) is 14.1. The number of carbonyl (C=O) groups is 1. The molecule has 22 heavy (non-hydrogen) atoms. The highest BCUT2D eigenvalue weighted by Crippen LogP contribution is 2.42. The monoisotopic (exact) mass is 322 g/mol. The second-order valence-corrected chi connectivity index (χ2v) is 6.74. The molecular weight excluding hydrogens is 296 g/mol. The molecule has 2 atom stereocenters. The van der Waals surface area contributed by atoms with Gasteiger partial charge in [0.15, 0.2) is 0 Å². The maximum Gasteiger partial charge on any atom is 0.227 e. The van der Waals surface area contributed by atoms with Gasteiger partial charge in [0.05, 0.1) is 0 Å². The van der Waals surface area contributed by atoms with Crippen LogP contribution >= 0.6 is 12.4 Å². The van der Waals surface area contributed by atoms with Crippen molar-refractivity contribution in [1.29, 1.82) is 0 Å². The minimum Gasteiger partial charge on any atom is -0.327 e. The van der Waals surface area contributed by atoms with E-state index in [9.17, 15) is 4.79 Å². The Bertz CT molecular complexity index is 506. The summed E-state index contributed by atoms with van der Waals surface area (Å²) in [4.78, 5) is 12.6. The summed E-state index contributed by atoms with van der Waals surface area (Å²) in [6.45, 7) is 2.13. The predicted molar refractivity (Wildman–Crippen MR) is 93.2 cm³/mol. The molecule has 3 N–H and O–H groups in total. The Morgan fingerprint density at radius 1 is 1.27 bits per heavy atom. The minimum atomic E-state index is 0. The molecule has 2 fully saturated rings. The molecule has 0 aromatic heterocycles. The van der Waals surface area contributed by atoms with Gasteiger partial charge in [-0.2, -0.15) is 0 Å². The smallest absolute Gasteiger partial charge is 0.227 e. The Balaban J connectivity index is 0.00000176. The van der Waals surface area contributed by atoms with Crippen molar-refractivity contribution < 1.29 is 4.79 Å². The van der Waals surface area contributed by atoms with E-state index in [2.05, 4.69) is 24.4 Å². The molecule has 1 aromatic carbocycles. The lowest BCUT2D eigenvalue weighted by molar-refractivity contribution is -0.122. The van der Waals surface area contributed by atoms with E-state index in [0.29, 0.717) is 17.9 Å². The number of hydrogen-bond donors (Lipinski definition) is 2. The molecule has 2 saturated carbocycles. The van der Waals surface area contributed by atoms with Gasteiger partial charge in [0.2, 0.25) is 5.91 Å². The van der Waals surface area contributed by atoms with Gasteiger partial charge in [-0.3, -0.25) is 4.79 Å². The summed E-state index contributed by atoms with van der Waals surface area (Å²) in [6.07, 6.45) is 6.62. The van der Waals surface area contributed by atoms with Crippen molar-refractivity contribution in [3.05, 3.63) is 29.8 Å². The third kappa shape index (κ3) is 3.64. The second kappa shape index (κ2) is 7.47. The van der Waals surface area contributed by atoms with Crippen LogP contribution in [0.5, 0.6) is 0 Å². The molecule has 1 amide bonds. The van der Waals surface area contributed by atoms with Crippen LogP contribution in [0.2, 0.25) is 0 Å². The van der Waals surface area contributed by atoms with E-state index in [1.54, 1.807) is 0 Å². The quantitative estimate of drug-likeness (QED) is 0.890. The van der Waals surface area contributed by atoms with Crippen LogP contribution < -0.4 is 11.1 Å². The van der Waals surface area contributed by atoms with Crippen molar-refractivity contribution >= 4 is 24.0 Å². The number of fused-ring (bicyclic) bond motifs is 2. The van der Waals surface area contributed by atoms with Gasteiger partial charge in [0, 0.05) is 17.6 Å². The topological polar surface area (TPSA) is 55.1 Å². The molecule has 1 aromatic rings. The molecule has 3 nitrogen and oxygen atoms in total. The highest BCUT2D eigenvalue weighted by atomic mass is 35.5. The molecule has 4 heteroatoms. The highest BCUT2D eigenvalue weighted by Gasteiger charge is 2.40. The lowest BCUT2D eigenvalue weighted by atomic mass is 9.65. The number of nitrogens with two attached hydrogens (primary N) is 1. The van der Waals surface area contributed by atoms with Gasteiger partial charge in [-0.05, 0) is 61.6 Å². The second-order valence-electron chi connectivity index (χ2n) is 6.74. The number of aryl methyl sites for hydroxylation is 1. The Labute approximate surface area is 139 Å². The fraction of sp³-hybridized carbons (Fsp3) is 0.611. The van der Waals surface area contributed by atoms with Gasteiger partial charge in [-0.1, -0.05) is 25.5 Å². The summed E-state index contributed by atoms with van der Waals surface area (Å²) in [7, 11) is 0. The average Bonchev–Trinajstić information content (AvgIpc) is 2.47.